The highest BCUT2D eigenvalue weighted by Crippen LogP contribution is 2.35. The molecule has 4 rings (SSSR count). The molecule has 1 heterocycles. The van der Waals surface area contributed by atoms with Gasteiger partial charge in [0.2, 0.25) is 5.91 Å². The third-order valence-corrected chi connectivity index (χ3v) is 5.60. The fraction of sp³-hybridized carbons (Fsp3) is 0.381. The first-order valence-electron chi connectivity index (χ1n) is 9.33. The summed E-state index contributed by atoms with van der Waals surface area (Å²) < 4.78 is 26.9. The molecular weight excluding hydrogens is 419 g/mol. The Labute approximate surface area is 181 Å². The van der Waals surface area contributed by atoms with Crippen molar-refractivity contribution in [3.8, 4) is 0 Å². The summed E-state index contributed by atoms with van der Waals surface area (Å²) in [5, 5.41) is 6.26. The van der Waals surface area contributed by atoms with Crippen molar-refractivity contribution in [2.24, 2.45) is 0 Å². The Balaban J connectivity index is 0.00000150. The van der Waals surface area contributed by atoms with E-state index in [0.29, 0.717) is 18.4 Å². The molecule has 0 aromatic heterocycles. The van der Waals surface area contributed by atoms with Crippen molar-refractivity contribution in [1.29, 1.82) is 0 Å². The van der Waals surface area contributed by atoms with Gasteiger partial charge in [0.05, 0.1) is 0 Å². The Bertz CT molecular complexity index is 814. The van der Waals surface area contributed by atoms with Crippen LogP contribution in [-0.2, 0) is 24.2 Å². The van der Waals surface area contributed by atoms with Crippen molar-refractivity contribution in [2.75, 3.05) is 26.2 Å². The van der Waals surface area contributed by atoms with Gasteiger partial charge in [-0.15, -0.1) is 24.8 Å². The summed E-state index contributed by atoms with van der Waals surface area (Å²) in [6.45, 7) is 3.41. The molecule has 0 bridgehead atoms. The summed E-state index contributed by atoms with van der Waals surface area (Å²) in [5.41, 5.74) is 2.18. The van der Waals surface area contributed by atoms with Crippen molar-refractivity contribution in [1.82, 2.24) is 15.5 Å². The van der Waals surface area contributed by atoms with E-state index in [-0.39, 0.29) is 37.3 Å². The zero-order valence-corrected chi connectivity index (χ0v) is 17.6. The van der Waals surface area contributed by atoms with Crippen molar-refractivity contribution in [2.45, 2.75) is 24.9 Å². The number of carbonyl (C=O) groups excluding carboxylic acids is 1. The lowest BCUT2D eigenvalue weighted by Gasteiger charge is -2.42. The molecule has 158 valence electrons. The number of halogens is 4. The van der Waals surface area contributed by atoms with Crippen LogP contribution in [0.3, 0.4) is 0 Å². The molecule has 0 spiro atoms. The van der Waals surface area contributed by atoms with Crippen LogP contribution in [0.2, 0.25) is 0 Å². The molecular formula is C21H25Cl2F2N3O. The molecule has 2 aromatic carbocycles. The van der Waals surface area contributed by atoms with E-state index in [1.54, 1.807) is 0 Å². The highest BCUT2D eigenvalue weighted by atomic mass is 35.5. The van der Waals surface area contributed by atoms with Gasteiger partial charge in [-0.25, -0.2) is 8.78 Å². The second-order valence-electron chi connectivity index (χ2n) is 7.35. The molecule has 2 aromatic rings. The van der Waals surface area contributed by atoms with E-state index in [2.05, 4.69) is 27.7 Å². The zero-order valence-electron chi connectivity index (χ0n) is 15.9. The number of hydrogen-bond donors (Lipinski definition) is 2. The normalized spacial score (nSPS) is 17.6. The first kappa shape index (κ1) is 23.5. The largest absolute Gasteiger partial charge is 0.350 e. The monoisotopic (exact) mass is 443 g/mol. The summed E-state index contributed by atoms with van der Waals surface area (Å²) in [7, 11) is 0. The molecule has 1 saturated heterocycles. The minimum absolute atomic E-state index is 0. The van der Waals surface area contributed by atoms with E-state index in [9.17, 15) is 13.6 Å². The molecule has 1 amide bonds. The molecule has 1 aliphatic heterocycles. The van der Waals surface area contributed by atoms with E-state index in [1.807, 2.05) is 12.1 Å². The lowest BCUT2D eigenvalue weighted by Crippen LogP contribution is -2.63. The minimum Gasteiger partial charge on any atom is -0.350 e. The zero-order chi connectivity index (χ0) is 18.9. The lowest BCUT2D eigenvalue weighted by atomic mass is 9.91. The Morgan fingerprint density at radius 1 is 1.00 bits per heavy atom. The molecule has 1 fully saturated rings. The molecule has 2 aliphatic rings. The van der Waals surface area contributed by atoms with E-state index < -0.39 is 17.2 Å². The van der Waals surface area contributed by atoms with E-state index in [1.165, 1.54) is 23.3 Å². The fourth-order valence-corrected chi connectivity index (χ4v) is 4.28. The van der Waals surface area contributed by atoms with Gasteiger partial charge in [0.15, 0.2) is 0 Å². The van der Waals surface area contributed by atoms with E-state index in [0.717, 1.165) is 32.2 Å². The Kier molecular flexibility index (Phi) is 8.00. The smallest absolute Gasteiger partial charge is 0.241 e. The van der Waals surface area contributed by atoms with Crippen molar-refractivity contribution in [3.05, 3.63) is 70.8 Å². The molecule has 8 heteroatoms. The third kappa shape index (κ3) is 4.89. The number of rotatable bonds is 4. The Hall–Kier alpha value is -1.73. The summed E-state index contributed by atoms with van der Waals surface area (Å²) in [6, 6.07) is 11.5. The molecule has 2 N–H and O–H groups in total. The summed E-state index contributed by atoms with van der Waals surface area (Å²) in [4.78, 5) is 15.6. The van der Waals surface area contributed by atoms with Gasteiger partial charge < -0.3 is 10.6 Å². The van der Waals surface area contributed by atoms with E-state index >= 15 is 0 Å². The van der Waals surface area contributed by atoms with E-state index in [4.69, 9.17) is 0 Å². The minimum atomic E-state index is -0.641. The molecule has 1 aliphatic carbocycles. The second kappa shape index (κ2) is 9.85. The maximum absolute atomic E-state index is 13.4. The highest BCUT2D eigenvalue weighted by Gasteiger charge is 2.48. The summed E-state index contributed by atoms with van der Waals surface area (Å²) in [5.74, 6) is -1.35. The van der Waals surface area contributed by atoms with Gasteiger partial charge in [-0.05, 0) is 28.8 Å². The van der Waals surface area contributed by atoms with Crippen molar-refractivity contribution >= 4 is 30.7 Å². The maximum atomic E-state index is 13.4. The SMILES string of the molecule is Cl.Cl.O=C(NCc1cc(F)cc(F)c1)C1(N2CCNCC2)Cc2ccccc2C1. The maximum Gasteiger partial charge on any atom is 0.241 e. The van der Waals surface area contributed by atoms with Crippen LogP contribution in [0, 0.1) is 11.6 Å². The Morgan fingerprint density at radius 2 is 1.55 bits per heavy atom. The second-order valence-corrected chi connectivity index (χ2v) is 7.35. The van der Waals surface area contributed by atoms with Crippen LogP contribution in [0.25, 0.3) is 0 Å². The van der Waals surface area contributed by atoms with Gasteiger partial charge in [0.1, 0.15) is 17.2 Å². The van der Waals surface area contributed by atoms with Gasteiger partial charge in [-0.3, -0.25) is 9.69 Å². The van der Waals surface area contributed by atoms with Gasteiger partial charge in [0.25, 0.3) is 0 Å². The molecule has 0 saturated carbocycles. The average molecular weight is 444 g/mol. The molecule has 0 unspecified atom stereocenters. The number of hydrogen-bond acceptors (Lipinski definition) is 3. The number of nitrogens with zero attached hydrogens (tertiary/aromatic N) is 1. The summed E-state index contributed by atoms with van der Waals surface area (Å²) >= 11 is 0. The van der Waals surface area contributed by atoms with Crippen LogP contribution in [0.1, 0.15) is 16.7 Å². The van der Waals surface area contributed by atoms with Crippen molar-refractivity contribution < 1.29 is 13.6 Å². The van der Waals surface area contributed by atoms with Gasteiger partial charge in [0, 0.05) is 51.6 Å². The van der Waals surface area contributed by atoms with Crippen LogP contribution >= 0.6 is 24.8 Å². The van der Waals surface area contributed by atoms with Crippen LogP contribution in [0.15, 0.2) is 42.5 Å². The average Bonchev–Trinajstić information content (AvgIpc) is 3.07. The molecule has 0 radical (unpaired) electrons. The number of carbonyl (C=O) groups is 1. The van der Waals surface area contributed by atoms with Crippen molar-refractivity contribution in [3.63, 3.8) is 0 Å². The molecule has 29 heavy (non-hydrogen) atoms. The van der Waals surface area contributed by atoms with Gasteiger partial charge in [-0.2, -0.15) is 0 Å². The molecule has 4 nitrogen and oxygen atoms in total. The predicted molar refractivity (Wildman–Crippen MR) is 114 cm³/mol. The standard InChI is InChI=1S/C21H23F2N3O.2ClH/c22-18-9-15(10-19(23)11-18)14-25-20(27)21(26-7-5-24-6-8-26)12-16-3-1-2-4-17(16)13-21;;/h1-4,9-11,24H,5-8,12-14H2,(H,25,27);2*1H. The topological polar surface area (TPSA) is 44.4 Å². The van der Waals surface area contributed by atoms with Crippen LogP contribution in [-0.4, -0.2) is 42.5 Å². The summed E-state index contributed by atoms with van der Waals surface area (Å²) in [6.07, 6.45) is 1.32. The number of piperazine rings is 1. The highest BCUT2D eigenvalue weighted by molar-refractivity contribution is 5.88. The fourth-order valence-electron chi connectivity index (χ4n) is 4.28. The number of amides is 1. The van der Waals surface area contributed by atoms with Crippen LogP contribution in [0.4, 0.5) is 8.78 Å². The third-order valence-electron chi connectivity index (χ3n) is 5.60. The van der Waals surface area contributed by atoms with Crippen LogP contribution < -0.4 is 10.6 Å². The van der Waals surface area contributed by atoms with Gasteiger partial charge >= 0.3 is 0 Å². The predicted octanol–water partition coefficient (Wildman–Crippen LogP) is 2.87. The number of nitrogens with one attached hydrogen (secondary N) is 2. The number of fused-ring (bicyclic) bond motifs is 1. The molecule has 0 atom stereocenters. The first-order chi connectivity index (χ1) is 13.1. The Morgan fingerprint density at radius 3 is 2.10 bits per heavy atom. The lowest BCUT2D eigenvalue weighted by molar-refractivity contribution is -0.134. The van der Waals surface area contributed by atoms with Crippen LogP contribution in [0.5, 0.6) is 0 Å². The first-order valence-corrected chi connectivity index (χ1v) is 9.33. The van der Waals surface area contributed by atoms with Gasteiger partial charge in [-0.1, -0.05) is 24.3 Å². The quantitative estimate of drug-likeness (QED) is 0.763. The number of benzene rings is 2.